The summed E-state index contributed by atoms with van der Waals surface area (Å²) in [5.41, 5.74) is 2.71. The highest BCUT2D eigenvalue weighted by atomic mass is 16.7. The molecule has 0 saturated heterocycles. The Balaban J connectivity index is 1.86. The van der Waals surface area contributed by atoms with E-state index in [0.717, 1.165) is 39.4 Å². The number of ether oxygens (including phenoxy) is 3. The van der Waals surface area contributed by atoms with Crippen LogP contribution in [0.1, 0.15) is 5.69 Å². The van der Waals surface area contributed by atoms with Crippen LogP contribution in [0.3, 0.4) is 0 Å². The molecule has 0 radical (unpaired) electrons. The van der Waals surface area contributed by atoms with Crippen molar-refractivity contribution < 1.29 is 14.2 Å². The second-order valence-corrected chi connectivity index (χ2v) is 5.08. The largest absolute Gasteiger partial charge is 0.497 e. The molecule has 0 aliphatic carbocycles. The Kier molecular flexibility index (Phi) is 2.85. The zero-order valence-electron chi connectivity index (χ0n) is 12.3. The molecule has 1 aromatic heterocycles. The maximum Gasteiger partial charge on any atom is 0.231 e. The van der Waals surface area contributed by atoms with E-state index in [-0.39, 0.29) is 6.79 Å². The SMILES string of the molecule is COc1ccc(-c2nc(C)c3cc4c(cc3n2)OCO4)cc1. The van der Waals surface area contributed by atoms with Crippen LogP contribution in [0.15, 0.2) is 36.4 Å². The highest BCUT2D eigenvalue weighted by Crippen LogP contribution is 2.36. The number of nitrogens with zero attached hydrogens (tertiary/aromatic N) is 2. The average molecular weight is 294 g/mol. The van der Waals surface area contributed by atoms with Crippen molar-refractivity contribution in [2.75, 3.05) is 13.9 Å². The molecule has 0 spiro atoms. The van der Waals surface area contributed by atoms with Crippen molar-refractivity contribution >= 4 is 10.9 Å². The molecule has 0 amide bonds. The lowest BCUT2D eigenvalue weighted by Crippen LogP contribution is -1.94. The van der Waals surface area contributed by atoms with Gasteiger partial charge in [0.2, 0.25) is 6.79 Å². The molecule has 0 N–H and O–H groups in total. The number of aromatic nitrogens is 2. The standard InChI is InChI=1S/C17H14N2O3/c1-10-13-7-15-16(22-9-21-15)8-14(13)19-17(18-10)11-3-5-12(20-2)6-4-11/h3-8H,9H2,1-2H3. The predicted octanol–water partition coefficient (Wildman–Crippen LogP) is 3.34. The summed E-state index contributed by atoms with van der Waals surface area (Å²) in [4.78, 5) is 9.26. The first kappa shape index (κ1) is 12.9. The van der Waals surface area contributed by atoms with Crippen LogP contribution < -0.4 is 14.2 Å². The third-order valence-electron chi connectivity index (χ3n) is 3.73. The van der Waals surface area contributed by atoms with Gasteiger partial charge in [-0.05, 0) is 37.3 Å². The molecule has 0 saturated carbocycles. The summed E-state index contributed by atoms with van der Waals surface area (Å²) >= 11 is 0. The third-order valence-corrected chi connectivity index (χ3v) is 3.73. The van der Waals surface area contributed by atoms with Crippen molar-refractivity contribution in [2.45, 2.75) is 6.92 Å². The minimum Gasteiger partial charge on any atom is -0.497 e. The normalized spacial score (nSPS) is 12.6. The maximum atomic E-state index is 5.42. The Hall–Kier alpha value is -2.82. The first-order valence-corrected chi connectivity index (χ1v) is 6.97. The number of methoxy groups -OCH3 is 1. The second-order valence-electron chi connectivity index (χ2n) is 5.08. The van der Waals surface area contributed by atoms with E-state index in [1.807, 2.05) is 43.3 Å². The molecule has 5 heteroatoms. The minimum atomic E-state index is 0.253. The molecule has 0 unspecified atom stereocenters. The van der Waals surface area contributed by atoms with Gasteiger partial charge in [0.05, 0.1) is 12.6 Å². The molecule has 4 rings (SSSR count). The molecule has 3 aromatic rings. The van der Waals surface area contributed by atoms with Gasteiger partial charge in [0, 0.05) is 22.7 Å². The number of fused-ring (bicyclic) bond motifs is 2. The maximum absolute atomic E-state index is 5.42. The van der Waals surface area contributed by atoms with Gasteiger partial charge in [0.25, 0.3) is 0 Å². The Morgan fingerprint density at radius 3 is 2.45 bits per heavy atom. The molecule has 2 heterocycles. The van der Waals surface area contributed by atoms with Gasteiger partial charge >= 0.3 is 0 Å². The fourth-order valence-electron chi connectivity index (χ4n) is 2.54. The number of benzene rings is 2. The molecule has 22 heavy (non-hydrogen) atoms. The Morgan fingerprint density at radius 1 is 1.00 bits per heavy atom. The van der Waals surface area contributed by atoms with Crippen LogP contribution in [0.4, 0.5) is 0 Å². The number of rotatable bonds is 2. The van der Waals surface area contributed by atoms with Gasteiger partial charge in [-0.2, -0.15) is 0 Å². The van der Waals surface area contributed by atoms with Crippen LogP contribution >= 0.6 is 0 Å². The molecule has 0 atom stereocenters. The van der Waals surface area contributed by atoms with E-state index in [2.05, 4.69) is 9.97 Å². The quantitative estimate of drug-likeness (QED) is 0.725. The van der Waals surface area contributed by atoms with Crippen molar-refractivity contribution in [2.24, 2.45) is 0 Å². The zero-order chi connectivity index (χ0) is 15.1. The van der Waals surface area contributed by atoms with Crippen molar-refractivity contribution in [1.29, 1.82) is 0 Å². The molecule has 110 valence electrons. The van der Waals surface area contributed by atoms with Crippen LogP contribution in [0.25, 0.3) is 22.3 Å². The van der Waals surface area contributed by atoms with Crippen molar-refractivity contribution in [1.82, 2.24) is 9.97 Å². The number of hydrogen-bond donors (Lipinski definition) is 0. The Bertz CT molecular complexity index is 860. The van der Waals surface area contributed by atoms with Crippen LogP contribution in [-0.2, 0) is 0 Å². The smallest absolute Gasteiger partial charge is 0.231 e. The third kappa shape index (κ3) is 2.02. The van der Waals surface area contributed by atoms with E-state index in [1.165, 1.54) is 0 Å². The summed E-state index contributed by atoms with van der Waals surface area (Å²) in [6, 6.07) is 11.5. The number of aryl methyl sites for hydroxylation is 1. The molecule has 0 bridgehead atoms. The van der Waals surface area contributed by atoms with Gasteiger partial charge in [-0.15, -0.1) is 0 Å². The van der Waals surface area contributed by atoms with E-state index < -0.39 is 0 Å². The summed E-state index contributed by atoms with van der Waals surface area (Å²) in [5, 5.41) is 0.974. The van der Waals surface area contributed by atoms with Crippen LogP contribution in [0.2, 0.25) is 0 Å². The molecular weight excluding hydrogens is 280 g/mol. The minimum absolute atomic E-state index is 0.253. The topological polar surface area (TPSA) is 53.5 Å². The van der Waals surface area contributed by atoms with Gasteiger partial charge < -0.3 is 14.2 Å². The Morgan fingerprint density at radius 2 is 1.73 bits per heavy atom. The first-order valence-electron chi connectivity index (χ1n) is 6.97. The highest BCUT2D eigenvalue weighted by Gasteiger charge is 2.17. The monoisotopic (exact) mass is 294 g/mol. The van der Waals surface area contributed by atoms with Crippen LogP contribution in [0, 0.1) is 6.92 Å². The molecule has 0 fully saturated rings. The van der Waals surface area contributed by atoms with Crippen LogP contribution in [-0.4, -0.2) is 23.9 Å². The first-order chi connectivity index (χ1) is 10.7. The van der Waals surface area contributed by atoms with Gasteiger partial charge in [0.15, 0.2) is 17.3 Å². The second kappa shape index (κ2) is 4.87. The average Bonchev–Trinajstić information content (AvgIpc) is 3.00. The van der Waals surface area contributed by atoms with Gasteiger partial charge in [-0.3, -0.25) is 0 Å². The van der Waals surface area contributed by atoms with Crippen LogP contribution in [0.5, 0.6) is 17.2 Å². The van der Waals surface area contributed by atoms with E-state index >= 15 is 0 Å². The van der Waals surface area contributed by atoms with Crippen molar-refractivity contribution in [3.8, 4) is 28.6 Å². The van der Waals surface area contributed by atoms with E-state index in [1.54, 1.807) is 7.11 Å². The predicted molar refractivity (Wildman–Crippen MR) is 82.4 cm³/mol. The molecule has 1 aliphatic rings. The molecule has 1 aliphatic heterocycles. The summed E-state index contributed by atoms with van der Waals surface area (Å²) in [7, 11) is 1.65. The lowest BCUT2D eigenvalue weighted by Gasteiger charge is -2.07. The molecular formula is C17H14N2O3. The fourth-order valence-corrected chi connectivity index (χ4v) is 2.54. The summed E-state index contributed by atoms with van der Waals surface area (Å²) in [6.07, 6.45) is 0. The van der Waals surface area contributed by atoms with E-state index in [4.69, 9.17) is 14.2 Å². The summed E-state index contributed by atoms with van der Waals surface area (Å²) in [6.45, 7) is 2.22. The lowest BCUT2D eigenvalue weighted by molar-refractivity contribution is 0.174. The zero-order valence-corrected chi connectivity index (χ0v) is 12.3. The summed E-state index contributed by atoms with van der Waals surface area (Å²) in [5.74, 6) is 2.97. The van der Waals surface area contributed by atoms with Crippen molar-refractivity contribution in [3.63, 3.8) is 0 Å². The highest BCUT2D eigenvalue weighted by molar-refractivity contribution is 5.86. The summed E-state index contributed by atoms with van der Waals surface area (Å²) < 4.78 is 16.0. The Labute approximate surface area is 127 Å². The number of hydrogen-bond acceptors (Lipinski definition) is 5. The van der Waals surface area contributed by atoms with E-state index in [0.29, 0.717) is 5.82 Å². The molecule has 2 aromatic carbocycles. The van der Waals surface area contributed by atoms with Gasteiger partial charge in [0.1, 0.15) is 5.75 Å². The van der Waals surface area contributed by atoms with Gasteiger partial charge in [-0.1, -0.05) is 0 Å². The lowest BCUT2D eigenvalue weighted by atomic mass is 10.1. The fraction of sp³-hybridized carbons (Fsp3) is 0.176. The molecule has 5 nitrogen and oxygen atoms in total. The van der Waals surface area contributed by atoms with Crippen molar-refractivity contribution in [3.05, 3.63) is 42.1 Å². The van der Waals surface area contributed by atoms with Gasteiger partial charge in [-0.25, -0.2) is 9.97 Å². The van der Waals surface area contributed by atoms with E-state index in [9.17, 15) is 0 Å².